The van der Waals surface area contributed by atoms with E-state index in [1.54, 1.807) is 12.1 Å². The van der Waals surface area contributed by atoms with Gasteiger partial charge in [0, 0.05) is 43.8 Å². The summed E-state index contributed by atoms with van der Waals surface area (Å²) in [6.07, 6.45) is -1.62. The molecule has 1 unspecified atom stereocenters. The van der Waals surface area contributed by atoms with Crippen molar-refractivity contribution in [3.8, 4) is 17.6 Å². The molecule has 4 fully saturated rings. The van der Waals surface area contributed by atoms with Gasteiger partial charge in [0.25, 0.3) is 0 Å². The van der Waals surface area contributed by atoms with Gasteiger partial charge in [-0.1, -0.05) is 84.0 Å². The molecule has 0 aromatic heterocycles. The molecule has 3 aliphatic carbocycles. The van der Waals surface area contributed by atoms with Crippen LogP contribution in [0.2, 0.25) is 0 Å². The van der Waals surface area contributed by atoms with Gasteiger partial charge in [0.1, 0.15) is 17.5 Å². The number of likely N-dealkylation sites (N-methyl/N-ethyl adjacent to an activating group) is 1. The van der Waals surface area contributed by atoms with E-state index in [0.717, 1.165) is 41.8 Å². The van der Waals surface area contributed by atoms with Crippen LogP contribution in [0.4, 0.5) is 13.2 Å². The first-order chi connectivity index (χ1) is 28.9. The molecular weight excluding hydrogens is 820 g/mol. The summed E-state index contributed by atoms with van der Waals surface area (Å²) < 4.78 is 66.5. The summed E-state index contributed by atoms with van der Waals surface area (Å²) >= 11 is 0. The zero-order chi connectivity index (χ0) is 45.8. The number of para-hydroxylation sites is 1. The van der Waals surface area contributed by atoms with Gasteiger partial charge in [-0.25, -0.2) is 13.2 Å². The van der Waals surface area contributed by atoms with E-state index >= 15 is 0 Å². The number of carboxylic acids is 1. The number of carbonyl (C=O) groups excluding carboxylic acids is 1. The fraction of sp³-hybridized carbons (Fsp3) is 0.553. The minimum atomic E-state index is -5.08. The number of fused-ring (bicyclic) bond motifs is 2. The van der Waals surface area contributed by atoms with Crippen molar-refractivity contribution in [2.75, 3.05) is 26.4 Å². The lowest BCUT2D eigenvalue weighted by molar-refractivity contribution is -0.192. The molecule has 3 aromatic rings. The Labute approximate surface area is 365 Å². The minimum Gasteiger partial charge on any atom is -0.475 e. The predicted molar refractivity (Wildman–Crippen MR) is 232 cm³/mol. The summed E-state index contributed by atoms with van der Waals surface area (Å²) in [6.45, 7) is 16.1. The molecule has 1 aliphatic heterocycles. The van der Waals surface area contributed by atoms with Crippen LogP contribution < -0.4 is 10.1 Å². The number of rotatable bonds is 14. The summed E-state index contributed by atoms with van der Waals surface area (Å²) in [5, 5.41) is 19.7. The molecule has 15 heteroatoms. The second kappa shape index (κ2) is 19.5. The van der Waals surface area contributed by atoms with Crippen LogP contribution in [0.1, 0.15) is 89.5 Å². The lowest BCUT2D eigenvalue weighted by Gasteiger charge is -2.62. The van der Waals surface area contributed by atoms with Crippen molar-refractivity contribution in [1.29, 1.82) is 5.26 Å². The van der Waals surface area contributed by atoms with Crippen LogP contribution in [0.15, 0.2) is 72.8 Å². The Bertz CT molecular complexity index is 2180. The van der Waals surface area contributed by atoms with Crippen molar-refractivity contribution < 1.29 is 41.0 Å². The van der Waals surface area contributed by atoms with Crippen molar-refractivity contribution in [2.45, 2.75) is 111 Å². The number of alkyl halides is 3. The van der Waals surface area contributed by atoms with E-state index in [1.165, 1.54) is 10.7 Å². The third-order valence-corrected chi connectivity index (χ3v) is 14.6. The molecule has 2 bridgehead atoms. The molecule has 338 valence electrons. The van der Waals surface area contributed by atoms with E-state index in [9.17, 15) is 31.6 Å². The number of halogens is 3. The first kappa shape index (κ1) is 48.5. The van der Waals surface area contributed by atoms with Gasteiger partial charge in [-0.3, -0.25) is 9.69 Å². The van der Waals surface area contributed by atoms with Crippen molar-refractivity contribution >= 4 is 21.9 Å². The molecule has 1 amide bonds. The van der Waals surface area contributed by atoms with Gasteiger partial charge in [-0.2, -0.15) is 22.7 Å². The zero-order valence-corrected chi connectivity index (χ0v) is 37.9. The zero-order valence-electron chi connectivity index (χ0n) is 37.1. The van der Waals surface area contributed by atoms with E-state index in [0.29, 0.717) is 54.0 Å². The van der Waals surface area contributed by atoms with E-state index in [-0.39, 0.29) is 35.7 Å². The minimum absolute atomic E-state index is 0.0139. The lowest BCUT2D eigenvalue weighted by Crippen LogP contribution is -2.61. The molecule has 3 saturated carbocycles. The van der Waals surface area contributed by atoms with Gasteiger partial charge in [0.15, 0.2) is 0 Å². The maximum atomic E-state index is 13.8. The monoisotopic (exact) mass is 881 g/mol. The number of hydrogen-bond donors (Lipinski definition) is 2. The molecule has 11 nitrogen and oxygen atoms in total. The van der Waals surface area contributed by atoms with Crippen molar-refractivity contribution in [3.05, 3.63) is 95.1 Å². The molecule has 0 radical (unpaired) electrons. The molecule has 4 aliphatic rings. The highest BCUT2D eigenvalue weighted by atomic mass is 32.2. The topological polar surface area (TPSA) is 143 Å². The molecule has 0 spiro atoms. The third-order valence-electron chi connectivity index (χ3n) is 12.8. The Balaban J connectivity index is 0.000000955. The fourth-order valence-corrected chi connectivity index (χ4v) is 11.2. The second-order valence-corrected chi connectivity index (χ2v) is 21.3. The van der Waals surface area contributed by atoms with Gasteiger partial charge in [0.05, 0.1) is 17.4 Å². The van der Waals surface area contributed by atoms with Crippen LogP contribution >= 0.6 is 0 Å². The number of nitrogens with zero attached hydrogens (tertiary/aromatic N) is 4. The first-order valence-electron chi connectivity index (χ1n) is 21.2. The molecule has 3 aromatic carbocycles. The number of aliphatic carboxylic acids is 1. The lowest BCUT2D eigenvalue weighted by atomic mass is 9.45. The summed E-state index contributed by atoms with van der Waals surface area (Å²) in [7, 11) is 0.632. The number of carboxylic acid groups (broad SMARTS) is 1. The van der Waals surface area contributed by atoms with Crippen LogP contribution in [-0.2, 0) is 39.2 Å². The Morgan fingerprint density at radius 1 is 1.00 bits per heavy atom. The van der Waals surface area contributed by atoms with Crippen LogP contribution in [0.3, 0.4) is 0 Å². The fourth-order valence-electron chi connectivity index (χ4n) is 9.48. The molecule has 7 rings (SSSR count). The molecular formula is C47H62F3N5O6S. The summed E-state index contributed by atoms with van der Waals surface area (Å²) in [4.78, 5) is 27.5. The second-order valence-electron chi connectivity index (χ2n) is 19.3. The van der Waals surface area contributed by atoms with Crippen molar-refractivity contribution in [2.24, 2.45) is 28.6 Å². The van der Waals surface area contributed by atoms with Gasteiger partial charge >= 0.3 is 12.1 Å². The predicted octanol–water partition coefficient (Wildman–Crippen LogP) is 8.44. The standard InChI is InChI=1S/C45H61N5O4S.C2HF3O2/c1-31-39-23-36(45(39,5)6)24-40(31)47-43(51)41-20-21-55(52,53)50(41)28-34-13-11-12-33(22-34)27-49(37(30-48(7)8)25-44(2,3)4)29-35-14-9-10-15-42(35)54-38-18-16-32(26-46)17-19-38;3-2(4,5)1(6)7/h9-19,22,31,36-37,39-41H,20-21,23-25,27-30H2,1-8H3,(H,47,51);(H,6,7)/t31-,36+,37-,39-,40-,41?;/m0./s1. The summed E-state index contributed by atoms with van der Waals surface area (Å²) in [6, 6.07) is 25.2. The smallest absolute Gasteiger partial charge is 0.475 e. The van der Waals surface area contributed by atoms with Gasteiger partial charge in [-0.05, 0) is 110 Å². The van der Waals surface area contributed by atoms with Crippen LogP contribution in [0.25, 0.3) is 0 Å². The Morgan fingerprint density at radius 2 is 1.65 bits per heavy atom. The van der Waals surface area contributed by atoms with E-state index in [4.69, 9.17) is 14.6 Å². The molecule has 62 heavy (non-hydrogen) atoms. The number of hydrogen-bond acceptors (Lipinski definition) is 8. The molecule has 6 atom stereocenters. The molecule has 1 heterocycles. The quantitative estimate of drug-likeness (QED) is 0.163. The third kappa shape index (κ3) is 12.4. The highest BCUT2D eigenvalue weighted by molar-refractivity contribution is 7.89. The van der Waals surface area contributed by atoms with Crippen molar-refractivity contribution in [3.63, 3.8) is 0 Å². The van der Waals surface area contributed by atoms with E-state index in [2.05, 4.69) is 95.0 Å². The summed E-state index contributed by atoms with van der Waals surface area (Å²) in [5.74, 6) is 0.0716. The molecule has 1 saturated heterocycles. The van der Waals surface area contributed by atoms with Gasteiger partial charge < -0.3 is 20.1 Å². The normalized spacial score (nSPS) is 23.4. The number of sulfonamides is 1. The Morgan fingerprint density at radius 3 is 2.23 bits per heavy atom. The average molecular weight is 882 g/mol. The maximum Gasteiger partial charge on any atom is 0.490 e. The number of ether oxygens (including phenoxy) is 1. The summed E-state index contributed by atoms with van der Waals surface area (Å²) in [5.41, 5.74) is 3.97. The highest BCUT2D eigenvalue weighted by Crippen LogP contribution is 2.61. The van der Waals surface area contributed by atoms with Gasteiger partial charge in [-0.15, -0.1) is 0 Å². The maximum absolute atomic E-state index is 13.8. The van der Waals surface area contributed by atoms with Gasteiger partial charge in [0.2, 0.25) is 15.9 Å². The highest BCUT2D eigenvalue weighted by Gasteiger charge is 2.57. The number of nitriles is 1. The van der Waals surface area contributed by atoms with Crippen molar-refractivity contribution in [1.82, 2.24) is 19.4 Å². The average Bonchev–Trinajstić information content (AvgIpc) is 3.48. The molecule has 2 N–H and O–H groups in total. The number of carbonyl (C=O) groups is 2. The number of benzene rings is 3. The number of amides is 1. The Kier molecular flexibility index (Phi) is 15.3. The van der Waals surface area contributed by atoms with Crippen LogP contribution in [0.5, 0.6) is 11.5 Å². The number of nitrogens with one attached hydrogen (secondary N) is 1. The van der Waals surface area contributed by atoms with E-state index < -0.39 is 28.2 Å². The largest absolute Gasteiger partial charge is 0.490 e. The Hall–Kier alpha value is -4.49. The van der Waals surface area contributed by atoms with Crippen LogP contribution in [-0.4, -0.2) is 90.2 Å². The SMILES string of the molecule is C[C@@H]1[C@@H](NC(=O)C2CCS(=O)(=O)N2Cc2cccc(CN(Cc3ccccc3Oc3ccc(C#N)cc3)[C@H](CN(C)C)CC(C)(C)C)c2)C[C@H]2C[C@@H]1C2(C)C.O=C(O)C(F)(F)F. The first-order valence-corrected chi connectivity index (χ1v) is 22.8. The van der Waals surface area contributed by atoms with Crippen LogP contribution in [0, 0.1) is 39.9 Å². The van der Waals surface area contributed by atoms with E-state index in [1.807, 2.05) is 42.5 Å².